The topological polar surface area (TPSA) is 65.7 Å². The summed E-state index contributed by atoms with van der Waals surface area (Å²) in [6.45, 7) is 6.05. The van der Waals surface area contributed by atoms with Crippen molar-refractivity contribution in [2.45, 2.75) is 27.2 Å². The molecule has 5 heteroatoms. The van der Waals surface area contributed by atoms with Crippen LogP contribution >= 0.6 is 0 Å². The highest BCUT2D eigenvalue weighted by molar-refractivity contribution is 7.77. The van der Waals surface area contributed by atoms with E-state index in [1.54, 1.807) is 0 Å². The molecule has 2 N–H and O–H groups in total. The van der Waals surface area contributed by atoms with Crippen molar-refractivity contribution in [3.05, 3.63) is 64.2 Å². The van der Waals surface area contributed by atoms with E-state index in [1.807, 2.05) is 57.2 Å². The molecule has 0 aliphatic rings. The molecule has 2 aromatic rings. The van der Waals surface area contributed by atoms with Crippen LogP contribution in [0.1, 0.15) is 27.8 Å². The molecule has 0 heterocycles. The van der Waals surface area contributed by atoms with Gasteiger partial charge in [-0.3, -0.25) is 5.41 Å². The fourth-order valence-corrected chi connectivity index (χ4v) is 2.58. The third-order valence-corrected chi connectivity index (χ3v) is 3.97. The van der Waals surface area contributed by atoms with Gasteiger partial charge in [0.25, 0.3) is 0 Å². The average Bonchev–Trinajstić information content (AvgIpc) is 2.53. The molecule has 0 atom stereocenters. The van der Waals surface area contributed by atoms with Crippen LogP contribution in [0, 0.1) is 26.2 Å². The smallest absolute Gasteiger partial charge is 0.402 e. The van der Waals surface area contributed by atoms with E-state index in [-0.39, 0.29) is 17.7 Å². The summed E-state index contributed by atoms with van der Waals surface area (Å²) in [7, 11) is 0. The third-order valence-electron chi connectivity index (χ3n) is 3.76. The second-order valence-electron chi connectivity index (χ2n) is 5.75. The summed E-state index contributed by atoms with van der Waals surface area (Å²) in [5.74, 6) is 0.811. The van der Waals surface area contributed by atoms with Crippen molar-refractivity contribution < 1.29 is 9.84 Å². The third kappa shape index (κ3) is 4.69. The molecular weight excluding hydrogens is 320 g/mol. The van der Waals surface area contributed by atoms with Crippen LogP contribution in [0.25, 0.3) is 0 Å². The first-order valence-corrected chi connectivity index (χ1v) is 8.25. The van der Waals surface area contributed by atoms with Gasteiger partial charge < -0.3 is 9.84 Å². The molecule has 126 valence electrons. The second-order valence-corrected chi connectivity index (χ2v) is 6.18. The number of aliphatic hydroxyl groups is 1. The molecule has 0 radical (unpaired) electrons. The highest BCUT2D eigenvalue weighted by Gasteiger charge is 2.11. The predicted molar refractivity (Wildman–Crippen MR) is 103 cm³/mol. The number of hydrogen-bond acceptors (Lipinski definition) is 3. The minimum Gasteiger partial charge on any atom is -0.402 e. The first kappa shape index (κ1) is 18.2. The molecule has 4 nitrogen and oxygen atoms in total. The molecule has 0 saturated heterocycles. The molecule has 0 aliphatic heterocycles. The number of nitrogens with zero attached hydrogens (tertiary/aromatic N) is 1. The highest BCUT2D eigenvalue weighted by Crippen LogP contribution is 2.23. The Hall–Kier alpha value is -2.11. The monoisotopic (exact) mass is 343 g/mol. The largest absolute Gasteiger partial charge is 0.414 e. The van der Waals surface area contributed by atoms with E-state index in [0.717, 1.165) is 27.8 Å². The Balaban J connectivity index is 2.16. The molecule has 2 rings (SSSR count). The molecule has 0 aliphatic carbocycles. The number of rotatable bonds is 4. The Morgan fingerprint density at radius 1 is 1.12 bits per heavy atom. The standard InChI is InChI=1S/C19H22N2O2S/c1-12-4-6-15(7-5-12)18(20)21-19(24)23-17-11-13(2)16(8-9-22)10-14(17)3/h4-7,10-11,22H,8-9H2,1-3H3,(H2,20,21,24)/p+1. The fraction of sp³-hybridized carbons (Fsp3) is 0.263. The van der Waals surface area contributed by atoms with Crippen LogP contribution in [0.3, 0.4) is 0 Å². The van der Waals surface area contributed by atoms with Crippen molar-refractivity contribution in [3.63, 3.8) is 0 Å². The van der Waals surface area contributed by atoms with Gasteiger partial charge in [-0.05, 0) is 49.9 Å². The Bertz CT molecular complexity index is 768. The van der Waals surface area contributed by atoms with E-state index in [0.29, 0.717) is 12.2 Å². The van der Waals surface area contributed by atoms with Gasteiger partial charge in [0.1, 0.15) is 5.75 Å². The lowest BCUT2D eigenvalue weighted by atomic mass is 10.0. The zero-order chi connectivity index (χ0) is 17.7. The van der Waals surface area contributed by atoms with Gasteiger partial charge in [-0.2, -0.15) is 0 Å². The Kier molecular flexibility index (Phi) is 6.17. The molecule has 0 spiro atoms. The molecular formula is C19H23N2O2S+. The summed E-state index contributed by atoms with van der Waals surface area (Å²) < 4.78 is 5.74. The van der Waals surface area contributed by atoms with E-state index < -0.39 is 0 Å². The van der Waals surface area contributed by atoms with E-state index in [9.17, 15) is 0 Å². The maximum absolute atomic E-state index is 9.09. The maximum atomic E-state index is 9.09. The number of aliphatic imine (C=N–C) groups is 1. The van der Waals surface area contributed by atoms with Crippen molar-refractivity contribution in [2.24, 2.45) is 4.99 Å². The number of ether oxygens (including phenoxy) is 1. The van der Waals surface area contributed by atoms with E-state index >= 15 is 0 Å². The average molecular weight is 343 g/mol. The number of benzene rings is 2. The fourth-order valence-electron chi connectivity index (χ4n) is 2.35. The van der Waals surface area contributed by atoms with E-state index in [4.69, 9.17) is 15.3 Å². The lowest BCUT2D eigenvalue weighted by Gasteiger charge is -2.10. The second kappa shape index (κ2) is 8.13. The van der Waals surface area contributed by atoms with Crippen LogP contribution in [-0.4, -0.2) is 22.8 Å². The molecule has 0 bridgehead atoms. The molecule has 0 amide bonds. The summed E-state index contributed by atoms with van der Waals surface area (Å²) in [6, 6.07) is 11.5. The van der Waals surface area contributed by atoms with Gasteiger partial charge in [0.2, 0.25) is 0 Å². The number of hydrogen-bond donors (Lipinski definition) is 2. The van der Waals surface area contributed by atoms with Crippen LogP contribution in [0.5, 0.6) is 5.75 Å². The van der Waals surface area contributed by atoms with Crippen LogP contribution < -0.4 is 4.74 Å². The van der Waals surface area contributed by atoms with Crippen molar-refractivity contribution in [3.8, 4) is 5.75 Å². The van der Waals surface area contributed by atoms with Gasteiger partial charge in [0.15, 0.2) is 5.84 Å². The van der Waals surface area contributed by atoms with Crippen molar-refractivity contribution in [2.75, 3.05) is 6.61 Å². The molecule has 24 heavy (non-hydrogen) atoms. The summed E-state index contributed by atoms with van der Waals surface area (Å²) in [5.41, 5.74) is 4.97. The Labute approximate surface area is 148 Å². The number of amidine groups is 1. The normalized spacial score (nSPS) is 11.5. The molecule has 2 aromatic carbocycles. The van der Waals surface area contributed by atoms with Crippen molar-refractivity contribution in [1.29, 1.82) is 5.41 Å². The summed E-state index contributed by atoms with van der Waals surface area (Å²) >= 11 is 3.34. The maximum Gasteiger partial charge on any atom is 0.414 e. The minimum atomic E-state index is 0.124. The van der Waals surface area contributed by atoms with Crippen molar-refractivity contribution in [1.82, 2.24) is 0 Å². The van der Waals surface area contributed by atoms with Gasteiger partial charge in [0, 0.05) is 12.2 Å². The molecule has 0 aromatic heterocycles. The Morgan fingerprint density at radius 2 is 1.79 bits per heavy atom. The quantitative estimate of drug-likeness (QED) is 0.509. The van der Waals surface area contributed by atoms with Gasteiger partial charge in [-0.25, -0.2) is 0 Å². The van der Waals surface area contributed by atoms with Crippen LogP contribution in [0.15, 0.2) is 41.4 Å². The van der Waals surface area contributed by atoms with Gasteiger partial charge in [-0.15, -0.1) is 4.99 Å². The summed E-state index contributed by atoms with van der Waals surface area (Å²) in [4.78, 5) is 4.15. The van der Waals surface area contributed by atoms with E-state index in [1.165, 1.54) is 0 Å². The first-order valence-electron chi connectivity index (χ1n) is 7.75. The molecule has 0 saturated carbocycles. The lowest BCUT2D eigenvalue weighted by molar-refractivity contribution is 0.299. The molecule has 0 unspecified atom stereocenters. The van der Waals surface area contributed by atoms with Gasteiger partial charge >= 0.3 is 5.23 Å². The molecule has 0 fully saturated rings. The summed E-state index contributed by atoms with van der Waals surface area (Å²) in [6.07, 6.45) is 0.625. The van der Waals surface area contributed by atoms with Crippen molar-refractivity contribution >= 4 is 23.7 Å². The lowest BCUT2D eigenvalue weighted by Crippen LogP contribution is -2.10. The highest BCUT2D eigenvalue weighted by atomic mass is 32.1. The van der Waals surface area contributed by atoms with Gasteiger partial charge in [-0.1, -0.05) is 35.9 Å². The number of nitrogens with one attached hydrogen (secondary N) is 1. The van der Waals surface area contributed by atoms with E-state index in [2.05, 4.69) is 17.6 Å². The van der Waals surface area contributed by atoms with Crippen LogP contribution in [0.2, 0.25) is 0 Å². The first-order chi connectivity index (χ1) is 11.4. The van der Waals surface area contributed by atoms with Crippen LogP contribution in [-0.2, 0) is 19.0 Å². The van der Waals surface area contributed by atoms with Gasteiger partial charge in [0.05, 0.1) is 12.6 Å². The zero-order valence-corrected chi connectivity index (χ0v) is 15.2. The Morgan fingerprint density at radius 3 is 2.42 bits per heavy atom. The van der Waals surface area contributed by atoms with Crippen LogP contribution in [0.4, 0.5) is 0 Å². The predicted octanol–water partition coefficient (Wildman–Crippen LogP) is 2.92. The minimum absolute atomic E-state index is 0.124. The number of aryl methyl sites for hydroxylation is 3. The summed E-state index contributed by atoms with van der Waals surface area (Å²) in [5, 5.41) is 17.4. The number of aliphatic hydroxyl groups excluding tert-OH is 1. The zero-order valence-electron chi connectivity index (χ0n) is 14.2. The SMILES string of the molecule is Cc1ccc(C(=N)N=C([SH2+])Oc2cc(C)c(CCO)cc2C)cc1.